The molecule has 7 nitrogen and oxygen atoms in total. The molecule has 0 bridgehead atoms. The van der Waals surface area contributed by atoms with Crippen LogP contribution in [0, 0.1) is 0 Å². The first-order valence-corrected chi connectivity index (χ1v) is 7.97. The number of ether oxygens (including phenoxy) is 1. The molecule has 7 heteroatoms. The Balaban J connectivity index is 1.81. The fourth-order valence-corrected chi connectivity index (χ4v) is 3.39. The third-order valence-electron chi connectivity index (χ3n) is 4.62. The van der Waals surface area contributed by atoms with Crippen molar-refractivity contribution in [3.63, 3.8) is 0 Å². The highest BCUT2D eigenvalue weighted by molar-refractivity contribution is 5.94. The van der Waals surface area contributed by atoms with Gasteiger partial charge in [-0.2, -0.15) is 0 Å². The number of likely N-dealkylation sites (tertiary alicyclic amines) is 1. The summed E-state index contributed by atoms with van der Waals surface area (Å²) in [6.45, 7) is 0.878. The van der Waals surface area contributed by atoms with Crippen molar-refractivity contribution >= 4 is 11.8 Å². The molecule has 23 heavy (non-hydrogen) atoms. The first-order chi connectivity index (χ1) is 11.1. The number of aromatic nitrogens is 2. The maximum absolute atomic E-state index is 12.9. The summed E-state index contributed by atoms with van der Waals surface area (Å²) in [6, 6.07) is 0. The minimum atomic E-state index is -0.660. The minimum absolute atomic E-state index is 0.105. The van der Waals surface area contributed by atoms with Crippen molar-refractivity contribution in [3.8, 4) is 0 Å². The van der Waals surface area contributed by atoms with Crippen LogP contribution in [0.1, 0.15) is 54.2 Å². The summed E-state index contributed by atoms with van der Waals surface area (Å²) in [7, 11) is 1.57. The van der Waals surface area contributed by atoms with Gasteiger partial charge in [0.25, 0.3) is 5.91 Å². The van der Waals surface area contributed by atoms with E-state index in [1.165, 1.54) is 0 Å². The average molecular weight is 318 g/mol. The zero-order chi connectivity index (χ0) is 16.4. The number of rotatable bonds is 6. The molecular formula is C16H22N4O3. The molecule has 1 aliphatic heterocycles. The average Bonchev–Trinajstić information content (AvgIpc) is 3.29. The van der Waals surface area contributed by atoms with Gasteiger partial charge in [0.15, 0.2) is 0 Å². The zero-order valence-electron chi connectivity index (χ0n) is 13.3. The van der Waals surface area contributed by atoms with E-state index in [-0.39, 0.29) is 12.3 Å². The van der Waals surface area contributed by atoms with E-state index in [1.807, 2.05) is 0 Å². The SMILES string of the molecule is COC[C@]1(CC(N)=O)CCCN1C(=O)c1cnc(C2CC2)nc1. The zero-order valence-corrected chi connectivity index (χ0v) is 13.3. The number of hydrogen-bond acceptors (Lipinski definition) is 5. The number of primary amides is 1. The number of hydrogen-bond donors (Lipinski definition) is 1. The van der Waals surface area contributed by atoms with E-state index in [4.69, 9.17) is 10.5 Å². The lowest BCUT2D eigenvalue weighted by molar-refractivity contribution is -0.121. The molecule has 1 aromatic rings. The Hall–Kier alpha value is -2.02. The van der Waals surface area contributed by atoms with Gasteiger partial charge in [0.05, 0.1) is 24.1 Å². The van der Waals surface area contributed by atoms with E-state index in [9.17, 15) is 9.59 Å². The monoisotopic (exact) mass is 318 g/mol. The summed E-state index contributed by atoms with van der Waals surface area (Å²) in [5, 5.41) is 0. The van der Waals surface area contributed by atoms with Crippen LogP contribution in [0.4, 0.5) is 0 Å². The molecule has 0 unspecified atom stereocenters. The summed E-state index contributed by atoms with van der Waals surface area (Å²) in [6.07, 6.45) is 7.05. The fraction of sp³-hybridized carbons (Fsp3) is 0.625. The first kappa shape index (κ1) is 15.9. The molecule has 2 amide bonds. The summed E-state index contributed by atoms with van der Waals surface area (Å²) >= 11 is 0. The normalized spacial score (nSPS) is 24.0. The summed E-state index contributed by atoms with van der Waals surface area (Å²) in [4.78, 5) is 34.6. The van der Waals surface area contributed by atoms with Crippen LogP contribution >= 0.6 is 0 Å². The maximum Gasteiger partial charge on any atom is 0.257 e. The minimum Gasteiger partial charge on any atom is -0.382 e. The molecule has 1 aliphatic carbocycles. The molecule has 2 aliphatic rings. The van der Waals surface area contributed by atoms with Gasteiger partial charge in [-0.25, -0.2) is 9.97 Å². The van der Waals surface area contributed by atoms with E-state index < -0.39 is 11.4 Å². The second-order valence-corrected chi connectivity index (χ2v) is 6.46. The highest BCUT2D eigenvalue weighted by atomic mass is 16.5. The van der Waals surface area contributed by atoms with Crippen molar-refractivity contribution in [1.29, 1.82) is 0 Å². The number of carbonyl (C=O) groups is 2. The smallest absolute Gasteiger partial charge is 0.257 e. The van der Waals surface area contributed by atoms with Crippen LogP contribution in [-0.2, 0) is 9.53 Å². The van der Waals surface area contributed by atoms with E-state index in [2.05, 4.69) is 9.97 Å². The Bertz CT molecular complexity index is 600. The molecule has 1 atom stereocenters. The Kier molecular flexibility index (Phi) is 4.30. The highest BCUT2D eigenvalue weighted by Gasteiger charge is 2.45. The van der Waals surface area contributed by atoms with Gasteiger partial charge in [0, 0.05) is 32.0 Å². The third kappa shape index (κ3) is 3.19. The van der Waals surface area contributed by atoms with Gasteiger partial charge in [-0.1, -0.05) is 0 Å². The Morgan fingerprint density at radius 3 is 2.65 bits per heavy atom. The van der Waals surface area contributed by atoms with Crippen molar-refractivity contribution in [2.45, 2.75) is 43.6 Å². The molecule has 124 valence electrons. The standard InChI is InChI=1S/C16H22N4O3/c1-23-10-16(7-13(17)21)5-2-6-20(16)15(22)12-8-18-14(19-9-12)11-3-4-11/h8-9,11H,2-7,10H2,1H3,(H2,17,21)/t16-/m1/s1. The second kappa shape index (κ2) is 6.23. The lowest BCUT2D eigenvalue weighted by Crippen LogP contribution is -2.52. The van der Waals surface area contributed by atoms with E-state index in [0.29, 0.717) is 31.1 Å². The number of amides is 2. The quantitative estimate of drug-likeness (QED) is 0.838. The molecule has 0 spiro atoms. The van der Waals surface area contributed by atoms with Crippen LogP contribution in [0.2, 0.25) is 0 Å². The molecule has 0 radical (unpaired) electrons. The van der Waals surface area contributed by atoms with E-state index in [0.717, 1.165) is 25.1 Å². The molecular weight excluding hydrogens is 296 g/mol. The lowest BCUT2D eigenvalue weighted by atomic mass is 9.92. The molecule has 1 aromatic heterocycles. The fourth-order valence-electron chi connectivity index (χ4n) is 3.39. The van der Waals surface area contributed by atoms with E-state index in [1.54, 1.807) is 24.4 Å². The summed E-state index contributed by atoms with van der Waals surface area (Å²) in [5.74, 6) is 0.668. The number of nitrogens with zero attached hydrogens (tertiary/aromatic N) is 3. The van der Waals surface area contributed by atoms with Gasteiger partial charge in [0.1, 0.15) is 5.82 Å². The van der Waals surface area contributed by atoms with Gasteiger partial charge in [-0.3, -0.25) is 9.59 Å². The van der Waals surface area contributed by atoms with Gasteiger partial charge in [-0.05, 0) is 25.7 Å². The Morgan fingerprint density at radius 2 is 2.09 bits per heavy atom. The van der Waals surface area contributed by atoms with Crippen molar-refractivity contribution in [1.82, 2.24) is 14.9 Å². The lowest BCUT2D eigenvalue weighted by Gasteiger charge is -2.37. The molecule has 2 heterocycles. The number of nitrogens with two attached hydrogens (primary N) is 1. The van der Waals surface area contributed by atoms with Crippen LogP contribution in [-0.4, -0.2) is 52.5 Å². The van der Waals surface area contributed by atoms with Crippen LogP contribution in [0.5, 0.6) is 0 Å². The van der Waals surface area contributed by atoms with Gasteiger partial charge < -0.3 is 15.4 Å². The molecule has 1 saturated carbocycles. The third-order valence-corrected chi connectivity index (χ3v) is 4.62. The Labute approximate surface area is 135 Å². The second-order valence-electron chi connectivity index (χ2n) is 6.46. The van der Waals surface area contributed by atoms with Crippen molar-refractivity contribution in [2.24, 2.45) is 5.73 Å². The van der Waals surface area contributed by atoms with Gasteiger partial charge >= 0.3 is 0 Å². The van der Waals surface area contributed by atoms with Crippen LogP contribution in [0.25, 0.3) is 0 Å². The summed E-state index contributed by atoms with van der Waals surface area (Å²) < 4.78 is 5.27. The van der Waals surface area contributed by atoms with Gasteiger partial charge in [0.2, 0.25) is 5.91 Å². The van der Waals surface area contributed by atoms with Crippen LogP contribution in [0.15, 0.2) is 12.4 Å². The largest absolute Gasteiger partial charge is 0.382 e. The van der Waals surface area contributed by atoms with Crippen molar-refractivity contribution < 1.29 is 14.3 Å². The van der Waals surface area contributed by atoms with Crippen LogP contribution in [0.3, 0.4) is 0 Å². The number of carbonyl (C=O) groups excluding carboxylic acids is 2. The predicted molar refractivity (Wildman–Crippen MR) is 82.7 cm³/mol. The predicted octanol–water partition coefficient (Wildman–Crippen LogP) is 0.851. The van der Waals surface area contributed by atoms with Gasteiger partial charge in [-0.15, -0.1) is 0 Å². The topological polar surface area (TPSA) is 98.4 Å². The Morgan fingerprint density at radius 1 is 1.39 bits per heavy atom. The maximum atomic E-state index is 12.9. The molecule has 2 N–H and O–H groups in total. The first-order valence-electron chi connectivity index (χ1n) is 7.97. The van der Waals surface area contributed by atoms with Crippen molar-refractivity contribution in [3.05, 3.63) is 23.8 Å². The van der Waals surface area contributed by atoms with Crippen molar-refractivity contribution in [2.75, 3.05) is 20.3 Å². The van der Waals surface area contributed by atoms with Crippen LogP contribution < -0.4 is 5.73 Å². The van der Waals surface area contributed by atoms with E-state index >= 15 is 0 Å². The highest BCUT2D eigenvalue weighted by Crippen LogP contribution is 2.38. The number of methoxy groups -OCH3 is 1. The molecule has 0 aromatic carbocycles. The molecule has 2 fully saturated rings. The molecule has 3 rings (SSSR count). The summed E-state index contributed by atoms with van der Waals surface area (Å²) in [5.41, 5.74) is 5.18. The molecule has 1 saturated heterocycles.